The number of hydrogen-bond donors (Lipinski definition) is 1. The van der Waals surface area contributed by atoms with Crippen LogP contribution in [0.2, 0.25) is 0 Å². The highest BCUT2D eigenvalue weighted by Gasteiger charge is 2.22. The summed E-state index contributed by atoms with van der Waals surface area (Å²) in [4.78, 5) is 12.2. The van der Waals surface area contributed by atoms with E-state index < -0.39 is 28.8 Å². The van der Waals surface area contributed by atoms with Crippen LogP contribution in [0.4, 0.5) is 17.6 Å². The van der Waals surface area contributed by atoms with Gasteiger partial charge >= 0.3 is 0 Å². The van der Waals surface area contributed by atoms with Gasteiger partial charge in [-0.3, -0.25) is 4.98 Å². The molecule has 0 aliphatic heterocycles. The Hall–Kier alpha value is -3.16. The summed E-state index contributed by atoms with van der Waals surface area (Å²) < 4.78 is 54.4. The lowest BCUT2D eigenvalue weighted by Gasteiger charge is -2.11. The van der Waals surface area contributed by atoms with E-state index in [0.717, 1.165) is 6.21 Å². The van der Waals surface area contributed by atoms with E-state index in [0.29, 0.717) is 23.1 Å². The van der Waals surface area contributed by atoms with Crippen molar-refractivity contribution in [3.8, 4) is 22.5 Å². The predicted octanol–water partition coefficient (Wildman–Crippen LogP) is 3.95. The van der Waals surface area contributed by atoms with Gasteiger partial charge in [0, 0.05) is 36.2 Å². The Morgan fingerprint density at radius 1 is 0.920 bits per heavy atom. The molecule has 8 heteroatoms. The molecule has 2 aromatic heterocycles. The Labute approximate surface area is 139 Å². The molecule has 0 atom stereocenters. The van der Waals surface area contributed by atoms with Gasteiger partial charge < -0.3 is 5.41 Å². The SMILES string of the molecule is N=CCc1nccc(-c2cccnc2-c2cc(F)c(F)c(F)c2F)n1. The Balaban J connectivity index is 2.21. The molecule has 25 heavy (non-hydrogen) atoms. The van der Waals surface area contributed by atoms with Gasteiger partial charge in [-0.1, -0.05) is 0 Å². The first-order chi connectivity index (χ1) is 12.0. The zero-order valence-electron chi connectivity index (χ0n) is 12.6. The minimum atomic E-state index is -1.90. The number of pyridine rings is 1. The average molecular weight is 346 g/mol. The van der Waals surface area contributed by atoms with Gasteiger partial charge in [0.15, 0.2) is 23.3 Å². The fourth-order valence-corrected chi connectivity index (χ4v) is 2.31. The van der Waals surface area contributed by atoms with Crippen LogP contribution >= 0.6 is 0 Å². The van der Waals surface area contributed by atoms with E-state index in [1.807, 2.05) is 0 Å². The van der Waals surface area contributed by atoms with E-state index in [4.69, 9.17) is 5.41 Å². The van der Waals surface area contributed by atoms with Crippen LogP contribution in [-0.4, -0.2) is 21.2 Å². The molecular formula is C17H10F4N4. The van der Waals surface area contributed by atoms with Crippen LogP contribution in [0.1, 0.15) is 5.82 Å². The fraction of sp³-hybridized carbons (Fsp3) is 0.0588. The van der Waals surface area contributed by atoms with Crippen molar-refractivity contribution in [1.29, 1.82) is 5.41 Å². The molecule has 2 heterocycles. The Kier molecular flexibility index (Phi) is 4.51. The molecule has 0 saturated heterocycles. The van der Waals surface area contributed by atoms with E-state index in [1.165, 1.54) is 24.5 Å². The molecule has 4 nitrogen and oxygen atoms in total. The molecule has 3 rings (SSSR count). The molecule has 0 bridgehead atoms. The van der Waals surface area contributed by atoms with Crippen LogP contribution in [0, 0.1) is 28.7 Å². The third kappa shape index (κ3) is 3.10. The van der Waals surface area contributed by atoms with Gasteiger partial charge in [-0.25, -0.2) is 27.5 Å². The van der Waals surface area contributed by atoms with E-state index in [-0.39, 0.29) is 12.1 Å². The van der Waals surface area contributed by atoms with Crippen molar-refractivity contribution >= 4 is 6.21 Å². The van der Waals surface area contributed by atoms with Crippen LogP contribution in [0.15, 0.2) is 36.7 Å². The first-order valence-corrected chi connectivity index (χ1v) is 7.12. The highest BCUT2D eigenvalue weighted by molar-refractivity contribution is 5.79. The molecule has 0 fully saturated rings. The van der Waals surface area contributed by atoms with Gasteiger partial charge in [-0.2, -0.15) is 0 Å². The van der Waals surface area contributed by atoms with Crippen molar-refractivity contribution in [3.63, 3.8) is 0 Å². The van der Waals surface area contributed by atoms with Gasteiger partial charge in [0.25, 0.3) is 0 Å². The maximum absolute atomic E-state index is 14.1. The van der Waals surface area contributed by atoms with Crippen LogP contribution in [0.3, 0.4) is 0 Å². The zero-order valence-corrected chi connectivity index (χ0v) is 12.6. The van der Waals surface area contributed by atoms with Crippen LogP contribution in [0.5, 0.6) is 0 Å². The van der Waals surface area contributed by atoms with Crippen molar-refractivity contribution in [2.45, 2.75) is 6.42 Å². The Morgan fingerprint density at radius 3 is 2.48 bits per heavy atom. The van der Waals surface area contributed by atoms with Crippen molar-refractivity contribution in [2.24, 2.45) is 0 Å². The number of nitrogens with zero attached hydrogens (tertiary/aromatic N) is 3. The maximum Gasteiger partial charge on any atom is 0.198 e. The summed E-state index contributed by atoms with van der Waals surface area (Å²) in [7, 11) is 0. The van der Waals surface area contributed by atoms with Crippen molar-refractivity contribution < 1.29 is 17.6 Å². The smallest absolute Gasteiger partial charge is 0.198 e. The molecular weight excluding hydrogens is 336 g/mol. The number of nitrogens with one attached hydrogen (secondary N) is 1. The topological polar surface area (TPSA) is 62.5 Å². The molecule has 1 N–H and O–H groups in total. The molecule has 3 aromatic rings. The lowest BCUT2D eigenvalue weighted by molar-refractivity contribution is 0.410. The summed E-state index contributed by atoms with van der Waals surface area (Å²) in [6, 6.07) is 5.16. The summed E-state index contributed by atoms with van der Waals surface area (Å²) in [6.07, 6.45) is 4.07. The molecule has 0 unspecified atom stereocenters. The summed E-state index contributed by atoms with van der Waals surface area (Å²) in [6.45, 7) is 0. The third-order valence-corrected chi connectivity index (χ3v) is 3.43. The summed E-state index contributed by atoms with van der Waals surface area (Å²) >= 11 is 0. The third-order valence-electron chi connectivity index (χ3n) is 3.43. The Morgan fingerprint density at radius 2 is 1.72 bits per heavy atom. The van der Waals surface area contributed by atoms with E-state index in [1.54, 1.807) is 6.07 Å². The van der Waals surface area contributed by atoms with Gasteiger partial charge in [-0.15, -0.1) is 0 Å². The standard InChI is InChI=1S/C17H10F4N4/c18-11-8-10(14(19)16(21)15(11)20)17-9(2-1-6-24-17)12-4-7-23-13(25-12)3-5-22/h1-2,4-8,22H,3H2. The van der Waals surface area contributed by atoms with Crippen molar-refractivity contribution in [3.05, 3.63) is 65.8 Å². The fourth-order valence-electron chi connectivity index (χ4n) is 2.31. The maximum atomic E-state index is 14.1. The number of aromatic nitrogens is 3. The van der Waals surface area contributed by atoms with Gasteiger partial charge in [0.2, 0.25) is 0 Å². The molecule has 0 spiro atoms. The van der Waals surface area contributed by atoms with Gasteiger partial charge in [-0.05, 0) is 24.3 Å². The Bertz CT molecular complexity index is 959. The zero-order chi connectivity index (χ0) is 18.0. The molecule has 1 aromatic carbocycles. The first-order valence-electron chi connectivity index (χ1n) is 7.12. The van der Waals surface area contributed by atoms with Crippen molar-refractivity contribution in [2.75, 3.05) is 0 Å². The van der Waals surface area contributed by atoms with E-state index in [2.05, 4.69) is 15.0 Å². The van der Waals surface area contributed by atoms with Crippen LogP contribution in [0.25, 0.3) is 22.5 Å². The van der Waals surface area contributed by atoms with Gasteiger partial charge in [0.05, 0.1) is 11.4 Å². The first kappa shape index (κ1) is 16.7. The second kappa shape index (κ2) is 6.76. The molecule has 0 aliphatic rings. The molecule has 0 saturated carbocycles. The lowest BCUT2D eigenvalue weighted by atomic mass is 10.0. The number of halogens is 4. The quantitative estimate of drug-likeness (QED) is 0.337. The van der Waals surface area contributed by atoms with Crippen molar-refractivity contribution in [1.82, 2.24) is 15.0 Å². The second-order valence-electron chi connectivity index (χ2n) is 5.01. The number of hydrogen-bond acceptors (Lipinski definition) is 4. The largest absolute Gasteiger partial charge is 0.313 e. The average Bonchev–Trinajstić information content (AvgIpc) is 2.63. The molecule has 0 radical (unpaired) electrons. The highest BCUT2D eigenvalue weighted by Crippen LogP contribution is 2.33. The summed E-state index contributed by atoms with van der Waals surface area (Å²) in [5.41, 5.74) is 0.0245. The summed E-state index contributed by atoms with van der Waals surface area (Å²) in [5.74, 6) is -6.49. The van der Waals surface area contributed by atoms with Crippen LogP contribution < -0.4 is 0 Å². The molecule has 0 amide bonds. The minimum Gasteiger partial charge on any atom is -0.313 e. The number of benzene rings is 1. The van der Waals surface area contributed by atoms with Crippen LogP contribution in [-0.2, 0) is 6.42 Å². The second-order valence-corrected chi connectivity index (χ2v) is 5.01. The highest BCUT2D eigenvalue weighted by atomic mass is 19.2. The lowest BCUT2D eigenvalue weighted by Crippen LogP contribution is -2.02. The molecule has 0 aliphatic carbocycles. The van der Waals surface area contributed by atoms with E-state index in [9.17, 15) is 17.6 Å². The van der Waals surface area contributed by atoms with E-state index >= 15 is 0 Å². The molecule has 126 valence electrons. The number of rotatable bonds is 4. The summed E-state index contributed by atoms with van der Waals surface area (Å²) in [5, 5.41) is 7.10. The monoisotopic (exact) mass is 346 g/mol. The minimum absolute atomic E-state index is 0.0858. The van der Waals surface area contributed by atoms with Gasteiger partial charge in [0.1, 0.15) is 5.82 Å². The normalized spacial score (nSPS) is 10.7. The predicted molar refractivity (Wildman–Crippen MR) is 83.0 cm³/mol.